The minimum Gasteiger partial charge on any atom is -0.313 e. The zero-order chi connectivity index (χ0) is 14.4. The normalized spacial score (nSPS) is 16.4. The number of hydrogen-bond acceptors (Lipinski definition) is 3. The van der Waals surface area contributed by atoms with Crippen LogP contribution < -0.4 is 5.32 Å². The lowest BCUT2D eigenvalue weighted by molar-refractivity contribution is 0.436. The Labute approximate surface area is 121 Å². The van der Waals surface area contributed by atoms with Crippen LogP contribution in [-0.4, -0.2) is 32.4 Å². The van der Waals surface area contributed by atoms with Crippen molar-refractivity contribution in [2.75, 3.05) is 19.6 Å². The van der Waals surface area contributed by atoms with E-state index in [0.717, 1.165) is 24.9 Å². The number of rotatable bonds is 6. The first kappa shape index (κ1) is 15.2. The molecule has 1 aliphatic heterocycles. The van der Waals surface area contributed by atoms with E-state index in [4.69, 9.17) is 0 Å². The van der Waals surface area contributed by atoms with Gasteiger partial charge in [0.1, 0.15) is 0 Å². The Morgan fingerprint density at radius 3 is 2.75 bits per heavy atom. The van der Waals surface area contributed by atoms with E-state index in [0.29, 0.717) is 24.5 Å². The van der Waals surface area contributed by atoms with Crippen molar-refractivity contribution >= 4 is 10.0 Å². The first-order valence-electron chi connectivity index (χ1n) is 7.10. The van der Waals surface area contributed by atoms with Gasteiger partial charge in [-0.05, 0) is 31.0 Å². The largest absolute Gasteiger partial charge is 0.313 e. The maximum absolute atomic E-state index is 12.7. The second-order valence-electron chi connectivity index (χ2n) is 4.91. The average Bonchev–Trinajstić information content (AvgIpc) is 2.49. The quantitative estimate of drug-likeness (QED) is 0.646. The van der Waals surface area contributed by atoms with Gasteiger partial charge >= 0.3 is 0 Å². The van der Waals surface area contributed by atoms with Gasteiger partial charge in [-0.1, -0.05) is 37.3 Å². The standard InChI is InChI=1S/C15H22N2O2S/c1-2-10-16-13-14-8-4-5-9-15(14)20(18,19)17-11-6-3-7-12-17/h3-6,8-9,16H,2,7,10-13H2,1H3. The van der Waals surface area contributed by atoms with Crippen molar-refractivity contribution in [3.05, 3.63) is 42.0 Å². The summed E-state index contributed by atoms with van der Waals surface area (Å²) in [4.78, 5) is 0.430. The van der Waals surface area contributed by atoms with Crippen molar-refractivity contribution in [2.24, 2.45) is 0 Å². The van der Waals surface area contributed by atoms with Crippen LogP contribution >= 0.6 is 0 Å². The molecular formula is C15H22N2O2S. The van der Waals surface area contributed by atoms with Gasteiger partial charge in [-0.3, -0.25) is 0 Å². The second kappa shape index (κ2) is 7.02. The molecule has 0 bridgehead atoms. The van der Waals surface area contributed by atoms with E-state index in [-0.39, 0.29) is 0 Å². The Morgan fingerprint density at radius 2 is 2.05 bits per heavy atom. The predicted octanol–water partition coefficient (Wildman–Crippen LogP) is 2.14. The Morgan fingerprint density at radius 1 is 1.25 bits per heavy atom. The summed E-state index contributed by atoms with van der Waals surface area (Å²) in [6, 6.07) is 7.26. The fourth-order valence-corrected chi connectivity index (χ4v) is 3.91. The van der Waals surface area contributed by atoms with E-state index in [1.165, 1.54) is 0 Å². The molecular weight excluding hydrogens is 272 g/mol. The summed E-state index contributed by atoms with van der Waals surface area (Å²) in [6.07, 6.45) is 5.76. The summed E-state index contributed by atoms with van der Waals surface area (Å²) < 4.78 is 27.0. The Hall–Kier alpha value is -1.17. The molecule has 0 atom stereocenters. The number of sulfonamides is 1. The topological polar surface area (TPSA) is 49.4 Å². The smallest absolute Gasteiger partial charge is 0.243 e. The van der Waals surface area contributed by atoms with E-state index in [9.17, 15) is 8.42 Å². The number of benzene rings is 1. The predicted molar refractivity (Wildman–Crippen MR) is 81.0 cm³/mol. The Kier molecular flexibility index (Phi) is 5.34. The maximum atomic E-state index is 12.7. The molecule has 0 amide bonds. The number of nitrogens with one attached hydrogen (secondary N) is 1. The van der Waals surface area contributed by atoms with Gasteiger partial charge in [0.15, 0.2) is 0 Å². The first-order chi connectivity index (χ1) is 9.66. The number of hydrogen-bond donors (Lipinski definition) is 1. The highest BCUT2D eigenvalue weighted by molar-refractivity contribution is 7.89. The van der Waals surface area contributed by atoms with Crippen LogP contribution in [0.2, 0.25) is 0 Å². The summed E-state index contributed by atoms with van der Waals surface area (Å²) in [5, 5.41) is 3.27. The molecule has 1 aromatic carbocycles. The van der Waals surface area contributed by atoms with Crippen LogP contribution in [0.15, 0.2) is 41.3 Å². The van der Waals surface area contributed by atoms with Crippen LogP contribution in [0, 0.1) is 0 Å². The molecule has 0 spiro atoms. The highest BCUT2D eigenvalue weighted by atomic mass is 32.2. The fraction of sp³-hybridized carbons (Fsp3) is 0.467. The zero-order valence-electron chi connectivity index (χ0n) is 11.9. The van der Waals surface area contributed by atoms with Crippen molar-refractivity contribution in [1.29, 1.82) is 0 Å². The molecule has 2 rings (SSSR count). The van der Waals surface area contributed by atoms with Gasteiger partial charge in [0.2, 0.25) is 10.0 Å². The lowest BCUT2D eigenvalue weighted by Crippen LogP contribution is -2.34. The third-order valence-electron chi connectivity index (χ3n) is 3.35. The minimum atomic E-state index is -3.39. The Bertz CT molecular complexity index is 567. The lowest BCUT2D eigenvalue weighted by Gasteiger charge is -2.24. The van der Waals surface area contributed by atoms with E-state index in [1.54, 1.807) is 16.4 Å². The second-order valence-corrected chi connectivity index (χ2v) is 6.81. The summed E-state index contributed by atoms with van der Waals surface area (Å²) in [7, 11) is -3.39. The molecule has 0 fully saturated rings. The van der Waals surface area contributed by atoms with Crippen molar-refractivity contribution in [3.8, 4) is 0 Å². The highest BCUT2D eigenvalue weighted by Crippen LogP contribution is 2.21. The number of nitrogens with zero attached hydrogens (tertiary/aromatic N) is 1. The zero-order valence-corrected chi connectivity index (χ0v) is 12.7. The van der Waals surface area contributed by atoms with Crippen molar-refractivity contribution in [2.45, 2.75) is 31.2 Å². The van der Waals surface area contributed by atoms with Crippen LogP contribution in [0.4, 0.5) is 0 Å². The van der Waals surface area contributed by atoms with Gasteiger partial charge in [-0.25, -0.2) is 8.42 Å². The summed E-state index contributed by atoms with van der Waals surface area (Å²) in [5.41, 5.74) is 0.843. The van der Waals surface area contributed by atoms with Crippen molar-refractivity contribution in [1.82, 2.24) is 9.62 Å². The van der Waals surface area contributed by atoms with Crippen LogP contribution in [0.3, 0.4) is 0 Å². The van der Waals surface area contributed by atoms with Crippen LogP contribution in [-0.2, 0) is 16.6 Å². The van der Waals surface area contributed by atoms with Gasteiger partial charge in [0.25, 0.3) is 0 Å². The molecule has 5 heteroatoms. The lowest BCUT2D eigenvalue weighted by atomic mass is 10.2. The van der Waals surface area contributed by atoms with Gasteiger partial charge in [0, 0.05) is 19.6 Å². The van der Waals surface area contributed by atoms with Gasteiger partial charge in [-0.2, -0.15) is 4.31 Å². The molecule has 110 valence electrons. The van der Waals surface area contributed by atoms with Crippen molar-refractivity contribution in [3.63, 3.8) is 0 Å². The molecule has 0 saturated carbocycles. The molecule has 1 aromatic rings. The monoisotopic (exact) mass is 294 g/mol. The molecule has 1 aliphatic rings. The third-order valence-corrected chi connectivity index (χ3v) is 5.32. The molecule has 1 heterocycles. The summed E-state index contributed by atoms with van der Waals surface area (Å²) in [5.74, 6) is 0. The molecule has 0 unspecified atom stereocenters. The molecule has 0 aliphatic carbocycles. The van der Waals surface area contributed by atoms with E-state index in [1.807, 2.05) is 24.3 Å². The maximum Gasteiger partial charge on any atom is 0.243 e. The van der Waals surface area contributed by atoms with Crippen LogP contribution in [0.1, 0.15) is 25.3 Å². The van der Waals surface area contributed by atoms with Gasteiger partial charge in [-0.15, -0.1) is 0 Å². The summed E-state index contributed by atoms with van der Waals surface area (Å²) in [6.45, 7) is 4.61. The molecule has 4 nitrogen and oxygen atoms in total. The van der Waals surface area contributed by atoms with Gasteiger partial charge in [0.05, 0.1) is 4.90 Å². The van der Waals surface area contributed by atoms with E-state index < -0.39 is 10.0 Å². The van der Waals surface area contributed by atoms with Crippen LogP contribution in [0.25, 0.3) is 0 Å². The van der Waals surface area contributed by atoms with E-state index in [2.05, 4.69) is 12.2 Å². The molecule has 20 heavy (non-hydrogen) atoms. The summed E-state index contributed by atoms with van der Waals surface area (Å²) >= 11 is 0. The third kappa shape index (κ3) is 3.48. The average molecular weight is 294 g/mol. The van der Waals surface area contributed by atoms with Gasteiger partial charge < -0.3 is 5.32 Å². The first-order valence-corrected chi connectivity index (χ1v) is 8.54. The van der Waals surface area contributed by atoms with Crippen LogP contribution in [0.5, 0.6) is 0 Å². The highest BCUT2D eigenvalue weighted by Gasteiger charge is 2.26. The van der Waals surface area contributed by atoms with Crippen molar-refractivity contribution < 1.29 is 8.42 Å². The molecule has 0 saturated heterocycles. The fourth-order valence-electron chi connectivity index (χ4n) is 2.28. The molecule has 1 N–H and O–H groups in total. The molecule has 0 radical (unpaired) electrons. The SMILES string of the molecule is CCCNCc1ccccc1S(=O)(=O)N1CC=CCC1. The Balaban J connectivity index is 2.24. The molecule has 0 aromatic heterocycles. The van der Waals surface area contributed by atoms with E-state index >= 15 is 0 Å². The minimum absolute atomic E-state index is 0.430.